The van der Waals surface area contributed by atoms with Gasteiger partial charge in [-0.25, -0.2) is 4.79 Å². The molecule has 2 aromatic carbocycles. The second-order valence-electron chi connectivity index (χ2n) is 4.57. The van der Waals surface area contributed by atoms with Gasteiger partial charge in [0.05, 0.1) is 23.6 Å². The van der Waals surface area contributed by atoms with Crippen molar-refractivity contribution >= 4 is 29.3 Å². The summed E-state index contributed by atoms with van der Waals surface area (Å²) >= 11 is 1.19. The van der Waals surface area contributed by atoms with Crippen LogP contribution in [0.5, 0.6) is 5.75 Å². The summed E-state index contributed by atoms with van der Waals surface area (Å²) in [5, 5.41) is 11.9. The predicted octanol–water partition coefficient (Wildman–Crippen LogP) is 3.51. The molecule has 0 unspecified atom stereocenters. The molecule has 0 heterocycles. The maximum Gasteiger partial charge on any atom is 0.336 e. The monoisotopic (exact) mass is 331 g/mol. The van der Waals surface area contributed by atoms with E-state index in [0.29, 0.717) is 22.9 Å². The van der Waals surface area contributed by atoms with E-state index in [1.807, 2.05) is 19.1 Å². The molecular weight excluding hydrogens is 314 g/mol. The lowest BCUT2D eigenvalue weighted by atomic mass is 10.2. The molecule has 0 bridgehead atoms. The number of carbonyl (C=O) groups excluding carboxylic acids is 1. The summed E-state index contributed by atoms with van der Waals surface area (Å²) in [7, 11) is 0. The van der Waals surface area contributed by atoms with Crippen LogP contribution in [0.25, 0.3) is 0 Å². The molecule has 0 aliphatic carbocycles. The largest absolute Gasteiger partial charge is 0.492 e. The fourth-order valence-corrected chi connectivity index (χ4v) is 2.79. The fourth-order valence-electron chi connectivity index (χ4n) is 1.95. The van der Waals surface area contributed by atoms with Crippen LogP contribution in [0.15, 0.2) is 53.4 Å². The van der Waals surface area contributed by atoms with Gasteiger partial charge in [-0.2, -0.15) is 0 Å². The Morgan fingerprint density at radius 2 is 1.83 bits per heavy atom. The maximum absolute atomic E-state index is 12.1. The molecule has 0 fully saturated rings. The highest BCUT2D eigenvalue weighted by molar-refractivity contribution is 8.00. The van der Waals surface area contributed by atoms with Crippen molar-refractivity contribution in [2.75, 3.05) is 17.7 Å². The minimum Gasteiger partial charge on any atom is -0.492 e. The van der Waals surface area contributed by atoms with Gasteiger partial charge in [0.1, 0.15) is 5.75 Å². The molecule has 0 atom stereocenters. The van der Waals surface area contributed by atoms with Gasteiger partial charge < -0.3 is 15.2 Å². The van der Waals surface area contributed by atoms with Gasteiger partial charge in [-0.3, -0.25) is 4.79 Å². The van der Waals surface area contributed by atoms with E-state index in [-0.39, 0.29) is 17.2 Å². The van der Waals surface area contributed by atoms with Crippen LogP contribution in [0, 0.1) is 0 Å². The van der Waals surface area contributed by atoms with Crippen molar-refractivity contribution in [3.63, 3.8) is 0 Å². The molecule has 0 saturated carbocycles. The number of hydrogen-bond donors (Lipinski definition) is 2. The third kappa shape index (κ3) is 4.75. The van der Waals surface area contributed by atoms with Crippen molar-refractivity contribution in [1.82, 2.24) is 0 Å². The van der Waals surface area contributed by atoms with Crippen LogP contribution < -0.4 is 10.1 Å². The number of nitrogens with one attached hydrogen (secondary N) is 1. The highest BCUT2D eigenvalue weighted by atomic mass is 32.2. The van der Waals surface area contributed by atoms with Gasteiger partial charge in [0.2, 0.25) is 5.91 Å². The molecule has 23 heavy (non-hydrogen) atoms. The number of aromatic carboxylic acids is 1. The fraction of sp³-hybridized carbons (Fsp3) is 0.176. The molecular formula is C17H17NO4S. The van der Waals surface area contributed by atoms with Crippen molar-refractivity contribution in [1.29, 1.82) is 0 Å². The summed E-state index contributed by atoms with van der Waals surface area (Å²) in [5.41, 5.74) is 0.798. The Bertz CT molecular complexity index is 702. The number of benzene rings is 2. The van der Waals surface area contributed by atoms with Gasteiger partial charge in [0, 0.05) is 4.90 Å². The number of amides is 1. The number of ether oxygens (including phenoxy) is 1. The van der Waals surface area contributed by atoms with E-state index in [4.69, 9.17) is 9.84 Å². The van der Waals surface area contributed by atoms with Crippen LogP contribution in [0.3, 0.4) is 0 Å². The lowest BCUT2D eigenvalue weighted by Crippen LogP contribution is -2.15. The summed E-state index contributed by atoms with van der Waals surface area (Å²) in [4.78, 5) is 23.8. The first-order valence-electron chi connectivity index (χ1n) is 7.08. The quantitative estimate of drug-likeness (QED) is 0.759. The number of anilines is 1. The van der Waals surface area contributed by atoms with Crippen LogP contribution in [-0.2, 0) is 4.79 Å². The highest BCUT2D eigenvalue weighted by Crippen LogP contribution is 2.26. The van der Waals surface area contributed by atoms with Gasteiger partial charge >= 0.3 is 5.97 Å². The number of thioether (sulfide) groups is 1. The third-order valence-corrected chi connectivity index (χ3v) is 4.01. The van der Waals surface area contributed by atoms with Gasteiger partial charge in [-0.05, 0) is 31.2 Å². The van der Waals surface area contributed by atoms with Crippen LogP contribution in [0.2, 0.25) is 0 Å². The molecule has 6 heteroatoms. The van der Waals surface area contributed by atoms with E-state index in [0.717, 1.165) is 0 Å². The molecule has 0 saturated heterocycles. The highest BCUT2D eigenvalue weighted by Gasteiger charge is 2.12. The third-order valence-electron chi connectivity index (χ3n) is 2.94. The van der Waals surface area contributed by atoms with Crippen molar-refractivity contribution in [2.24, 2.45) is 0 Å². The Morgan fingerprint density at radius 3 is 2.57 bits per heavy atom. The molecule has 2 N–H and O–H groups in total. The molecule has 0 aromatic heterocycles. The standard InChI is InChI=1S/C17H17NO4S/c1-2-22-14-9-5-4-8-13(14)18-16(19)11-23-15-10-6-3-7-12(15)17(20)21/h3-10H,2,11H2,1H3,(H,18,19)(H,20,21). The van der Waals surface area contributed by atoms with E-state index < -0.39 is 5.97 Å². The summed E-state index contributed by atoms with van der Waals surface area (Å²) < 4.78 is 5.45. The zero-order valence-electron chi connectivity index (χ0n) is 12.6. The minimum atomic E-state index is -1.00. The second-order valence-corrected chi connectivity index (χ2v) is 5.58. The Hall–Kier alpha value is -2.47. The van der Waals surface area contributed by atoms with Gasteiger partial charge in [0.25, 0.3) is 0 Å². The number of carboxylic acid groups (broad SMARTS) is 1. The van der Waals surface area contributed by atoms with E-state index >= 15 is 0 Å². The minimum absolute atomic E-state index is 0.116. The normalized spacial score (nSPS) is 10.1. The molecule has 2 rings (SSSR count). The summed E-state index contributed by atoms with van der Waals surface area (Å²) in [6.07, 6.45) is 0. The predicted molar refractivity (Wildman–Crippen MR) is 90.4 cm³/mol. The van der Waals surface area contributed by atoms with Crippen molar-refractivity contribution in [3.05, 3.63) is 54.1 Å². The smallest absolute Gasteiger partial charge is 0.336 e. The second kappa shape index (κ2) is 8.24. The average Bonchev–Trinajstić information content (AvgIpc) is 2.55. The van der Waals surface area contributed by atoms with Crippen molar-refractivity contribution in [3.8, 4) is 5.75 Å². The first-order valence-corrected chi connectivity index (χ1v) is 8.07. The van der Waals surface area contributed by atoms with Gasteiger partial charge in [-0.15, -0.1) is 11.8 Å². The van der Waals surface area contributed by atoms with E-state index in [1.54, 1.807) is 30.3 Å². The Labute approximate surface area is 138 Å². The number of carbonyl (C=O) groups is 2. The number of hydrogen-bond acceptors (Lipinski definition) is 4. The summed E-state index contributed by atoms with van der Waals surface area (Å²) in [5.74, 6) is -0.498. The van der Waals surface area contributed by atoms with Gasteiger partial charge in [-0.1, -0.05) is 24.3 Å². The zero-order valence-corrected chi connectivity index (χ0v) is 13.4. The number of para-hydroxylation sites is 2. The molecule has 5 nitrogen and oxygen atoms in total. The van der Waals surface area contributed by atoms with Crippen LogP contribution in [0.4, 0.5) is 5.69 Å². The van der Waals surface area contributed by atoms with E-state index in [2.05, 4.69) is 5.32 Å². The summed E-state index contributed by atoms with van der Waals surface area (Å²) in [6.45, 7) is 2.38. The first kappa shape index (κ1) is 16.9. The molecule has 2 aromatic rings. The molecule has 0 spiro atoms. The Balaban J connectivity index is 2.00. The van der Waals surface area contributed by atoms with Crippen molar-refractivity contribution in [2.45, 2.75) is 11.8 Å². The first-order chi connectivity index (χ1) is 11.1. The Kier molecular flexibility index (Phi) is 6.05. The maximum atomic E-state index is 12.1. The zero-order chi connectivity index (χ0) is 16.7. The topological polar surface area (TPSA) is 75.6 Å². The van der Waals surface area contributed by atoms with Gasteiger partial charge in [0.15, 0.2) is 0 Å². The lowest BCUT2D eigenvalue weighted by Gasteiger charge is -2.11. The lowest BCUT2D eigenvalue weighted by molar-refractivity contribution is -0.113. The number of rotatable bonds is 7. The average molecular weight is 331 g/mol. The van der Waals surface area contributed by atoms with Crippen LogP contribution in [0.1, 0.15) is 17.3 Å². The molecule has 120 valence electrons. The van der Waals surface area contributed by atoms with Crippen molar-refractivity contribution < 1.29 is 19.4 Å². The molecule has 0 radical (unpaired) electrons. The van der Waals surface area contributed by atoms with E-state index in [9.17, 15) is 9.59 Å². The van der Waals surface area contributed by atoms with E-state index in [1.165, 1.54) is 17.8 Å². The van der Waals surface area contributed by atoms with Crippen LogP contribution >= 0.6 is 11.8 Å². The van der Waals surface area contributed by atoms with Crippen LogP contribution in [-0.4, -0.2) is 29.3 Å². The Morgan fingerprint density at radius 1 is 1.13 bits per heavy atom. The number of carboxylic acids is 1. The SMILES string of the molecule is CCOc1ccccc1NC(=O)CSc1ccccc1C(=O)O. The molecule has 0 aliphatic rings. The summed E-state index contributed by atoms with van der Waals surface area (Å²) in [6, 6.07) is 13.8. The molecule has 0 aliphatic heterocycles. The molecule has 1 amide bonds.